The number of nitrogens with two attached hydrogens (primary N) is 1. The van der Waals surface area contributed by atoms with Gasteiger partial charge in [0.25, 0.3) is 0 Å². The number of carbonyl (C=O) groups excluding carboxylic acids is 1. The van der Waals surface area contributed by atoms with Gasteiger partial charge in [0.1, 0.15) is 5.60 Å². The second-order valence-corrected chi connectivity index (χ2v) is 7.75. The van der Waals surface area contributed by atoms with Crippen LogP contribution in [0.15, 0.2) is 17.2 Å². The van der Waals surface area contributed by atoms with Crippen molar-refractivity contribution in [3.05, 3.63) is 24.4 Å². The molecule has 1 amide bonds. The average molecular weight is 367 g/mol. The molecule has 0 saturated carbocycles. The van der Waals surface area contributed by atoms with Crippen LogP contribution in [0.4, 0.5) is 4.79 Å². The molecule has 1 rings (SSSR count). The molecule has 7 nitrogen and oxygen atoms in total. The number of amides is 1. The lowest BCUT2D eigenvalue weighted by Gasteiger charge is -2.19. The standard InChI is InChI=1S/C19H34N4O3/c1-6-9-14(2)10-7-12-16-22-17(26-23-16)15(20)11-8-13-21-18(24)25-19(3,4)5/h6,14-15H,1,7-13,20H2,2-5H3,(H,21,24)/t14?,15-/m0/s1. The van der Waals surface area contributed by atoms with E-state index in [2.05, 4.69) is 29.0 Å². The molecular weight excluding hydrogens is 332 g/mol. The molecule has 2 atom stereocenters. The van der Waals surface area contributed by atoms with Crippen LogP contribution < -0.4 is 11.1 Å². The lowest BCUT2D eigenvalue weighted by atomic mass is 10.0. The fourth-order valence-electron chi connectivity index (χ4n) is 2.48. The van der Waals surface area contributed by atoms with E-state index in [1.54, 1.807) is 0 Å². The van der Waals surface area contributed by atoms with Crippen molar-refractivity contribution in [1.29, 1.82) is 0 Å². The molecule has 1 heterocycles. The molecule has 0 aliphatic rings. The minimum absolute atomic E-state index is 0.323. The average Bonchev–Trinajstić information content (AvgIpc) is 2.99. The van der Waals surface area contributed by atoms with E-state index in [0.717, 1.165) is 25.7 Å². The summed E-state index contributed by atoms with van der Waals surface area (Å²) in [6.45, 7) is 12.0. The molecule has 0 aliphatic heterocycles. The summed E-state index contributed by atoms with van der Waals surface area (Å²) >= 11 is 0. The number of aryl methyl sites for hydroxylation is 1. The number of carbonyl (C=O) groups is 1. The number of hydrogen-bond donors (Lipinski definition) is 2. The van der Waals surface area contributed by atoms with Crippen molar-refractivity contribution in [2.24, 2.45) is 11.7 Å². The summed E-state index contributed by atoms with van der Waals surface area (Å²) < 4.78 is 10.4. The zero-order valence-corrected chi connectivity index (χ0v) is 16.6. The third-order valence-corrected chi connectivity index (χ3v) is 3.83. The van der Waals surface area contributed by atoms with E-state index in [0.29, 0.717) is 37.0 Å². The monoisotopic (exact) mass is 366 g/mol. The Morgan fingerprint density at radius 3 is 2.77 bits per heavy atom. The van der Waals surface area contributed by atoms with Crippen molar-refractivity contribution in [2.45, 2.75) is 77.9 Å². The first-order chi connectivity index (χ1) is 12.2. The van der Waals surface area contributed by atoms with E-state index in [-0.39, 0.29) is 6.04 Å². The highest BCUT2D eigenvalue weighted by atomic mass is 16.6. The van der Waals surface area contributed by atoms with Crippen molar-refractivity contribution < 1.29 is 14.1 Å². The molecule has 0 spiro atoms. The molecule has 0 radical (unpaired) electrons. The Balaban J connectivity index is 2.25. The Kier molecular flexibility index (Phi) is 9.34. The van der Waals surface area contributed by atoms with Crippen LogP contribution in [0.5, 0.6) is 0 Å². The Labute approximate surface area is 156 Å². The summed E-state index contributed by atoms with van der Waals surface area (Å²) in [5.74, 6) is 1.78. The number of nitrogens with zero attached hydrogens (tertiary/aromatic N) is 2. The minimum atomic E-state index is -0.496. The van der Waals surface area contributed by atoms with Gasteiger partial charge < -0.3 is 20.3 Å². The van der Waals surface area contributed by atoms with Crippen LogP contribution in [0, 0.1) is 5.92 Å². The largest absolute Gasteiger partial charge is 0.444 e. The molecular formula is C19H34N4O3. The third kappa shape index (κ3) is 9.56. The molecule has 0 saturated heterocycles. The molecule has 148 valence electrons. The van der Waals surface area contributed by atoms with E-state index in [9.17, 15) is 4.79 Å². The van der Waals surface area contributed by atoms with Crippen molar-refractivity contribution in [3.63, 3.8) is 0 Å². The fraction of sp³-hybridized carbons (Fsp3) is 0.737. The van der Waals surface area contributed by atoms with Crippen LogP contribution in [-0.4, -0.2) is 28.4 Å². The van der Waals surface area contributed by atoms with Gasteiger partial charge in [0, 0.05) is 13.0 Å². The zero-order valence-electron chi connectivity index (χ0n) is 16.6. The molecule has 1 unspecified atom stereocenters. The van der Waals surface area contributed by atoms with Gasteiger partial charge in [-0.3, -0.25) is 0 Å². The van der Waals surface area contributed by atoms with Crippen LogP contribution in [-0.2, 0) is 11.2 Å². The molecule has 0 bridgehead atoms. The lowest BCUT2D eigenvalue weighted by Crippen LogP contribution is -2.33. The summed E-state index contributed by atoms with van der Waals surface area (Å²) in [5, 5.41) is 6.71. The number of allylic oxidation sites excluding steroid dienone is 1. The van der Waals surface area contributed by atoms with Crippen LogP contribution in [0.3, 0.4) is 0 Å². The molecule has 26 heavy (non-hydrogen) atoms. The van der Waals surface area contributed by atoms with E-state index < -0.39 is 11.7 Å². The molecule has 0 aliphatic carbocycles. The topological polar surface area (TPSA) is 103 Å². The van der Waals surface area contributed by atoms with Gasteiger partial charge in [-0.2, -0.15) is 4.98 Å². The lowest BCUT2D eigenvalue weighted by molar-refractivity contribution is 0.0526. The number of rotatable bonds is 11. The highest BCUT2D eigenvalue weighted by molar-refractivity contribution is 5.67. The third-order valence-electron chi connectivity index (χ3n) is 3.83. The normalized spacial score (nSPS) is 13.9. The van der Waals surface area contributed by atoms with Gasteiger partial charge in [0.2, 0.25) is 5.89 Å². The summed E-state index contributed by atoms with van der Waals surface area (Å²) in [6, 6.07) is -0.323. The first-order valence-corrected chi connectivity index (χ1v) is 9.37. The van der Waals surface area contributed by atoms with Gasteiger partial charge in [-0.25, -0.2) is 4.79 Å². The Hall–Kier alpha value is -1.89. The summed E-state index contributed by atoms with van der Waals surface area (Å²) in [4.78, 5) is 15.9. The maximum atomic E-state index is 11.6. The molecule has 3 N–H and O–H groups in total. The molecule has 0 aromatic carbocycles. The van der Waals surface area contributed by atoms with Gasteiger partial charge in [-0.1, -0.05) is 18.2 Å². The van der Waals surface area contributed by atoms with Crippen molar-refractivity contribution in [1.82, 2.24) is 15.5 Å². The quantitative estimate of drug-likeness (QED) is 0.454. The second kappa shape index (κ2) is 11.0. The maximum Gasteiger partial charge on any atom is 0.407 e. The van der Waals surface area contributed by atoms with Gasteiger partial charge in [0.05, 0.1) is 6.04 Å². The molecule has 7 heteroatoms. The minimum Gasteiger partial charge on any atom is -0.444 e. The van der Waals surface area contributed by atoms with Crippen LogP contribution in [0.2, 0.25) is 0 Å². The Morgan fingerprint density at radius 1 is 1.38 bits per heavy atom. The SMILES string of the molecule is C=CCC(C)CCCc1noc([C@@H](N)CCCNC(=O)OC(C)(C)C)n1. The molecule has 1 aromatic heterocycles. The highest BCUT2D eigenvalue weighted by Gasteiger charge is 2.17. The highest BCUT2D eigenvalue weighted by Crippen LogP contribution is 2.16. The van der Waals surface area contributed by atoms with E-state index in [1.807, 2.05) is 26.8 Å². The smallest absolute Gasteiger partial charge is 0.407 e. The maximum absolute atomic E-state index is 11.6. The van der Waals surface area contributed by atoms with E-state index in [4.69, 9.17) is 15.0 Å². The van der Waals surface area contributed by atoms with Crippen molar-refractivity contribution >= 4 is 6.09 Å². The van der Waals surface area contributed by atoms with E-state index >= 15 is 0 Å². The number of ether oxygens (including phenoxy) is 1. The van der Waals surface area contributed by atoms with Crippen molar-refractivity contribution in [3.8, 4) is 0 Å². The number of nitrogens with one attached hydrogen (secondary N) is 1. The van der Waals surface area contributed by atoms with Gasteiger partial charge in [-0.05, 0) is 58.8 Å². The van der Waals surface area contributed by atoms with E-state index in [1.165, 1.54) is 0 Å². The predicted molar refractivity (Wildman–Crippen MR) is 102 cm³/mol. The Morgan fingerprint density at radius 2 is 2.12 bits per heavy atom. The Bertz CT molecular complexity index is 551. The van der Waals surface area contributed by atoms with Gasteiger partial charge in [-0.15, -0.1) is 6.58 Å². The van der Waals surface area contributed by atoms with Gasteiger partial charge >= 0.3 is 6.09 Å². The van der Waals surface area contributed by atoms with Crippen molar-refractivity contribution in [2.75, 3.05) is 6.54 Å². The van der Waals surface area contributed by atoms with Crippen LogP contribution in [0.25, 0.3) is 0 Å². The van der Waals surface area contributed by atoms with Crippen LogP contribution in [0.1, 0.15) is 77.6 Å². The zero-order chi connectivity index (χ0) is 19.6. The first kappa shape index (κ1) is 22.2. The predicted octanol–water partition coefficient (Wildman–Crippen LogP) is 3.91. The number of hydrogen-bond acceptors (Lipinski definition) is 6. The van der Waals surface area contributed by atoms with Crippen LogP contribution >= 0.6 is 0 Å². The fourth-order valence-corrected chi connectivity index (χ4v) is 2.48. The first-order valence-electron chi connectivity index (χ1n) is 9.37. The molecule has 1 aromatic rings. The summed E-state index contributed by atoms with van der Waals surface area (Å²) in [5.41, 5.74) is 5.60. The number of aromatic nitrogens is 2. The summed E-state index contributed by atoms with van der Waals surface area (Å²) in [7, 11) is 0. The number of alkyl carbamates (subject to hydrolysis) is 1. The second-order valence-electron chi connectivity index (χ2n) is 7.75. The molecule has 0 fully saturated rings. The van der Waals surface area contributed by atoms with Gasteiger partial charge in [0.15, 0.2) is 5.82 Å². The summed E-state index contributed by atoms with van der Waals surface area (Å²) in [6.07, 6.45) is 6.83.